The Morgan fingerprint density at radius 1 is 1.26 bits per heavy atom. The number of carbonyl (C=O) groups excluding carboxylic acids is 3. The molecule has 1 aliphatic rings. The highest BCUT2D eigenvalue weighted by Gasteiger charge is 2.24. The van der Waals surface area contributed by atoms with Crippen molar-refractivity contribution in [2.24, 2.45) is 0 Å². The summed E-state index contributed by atoms with van der Waals surface area (Å²) in [6.07, 6.45) is 1.79. The Morgan fingerprint density at radius 2 is 2.00 bits per heavy atom. The highest BCUT2D eigenvalue weighted by Crippen LogP contribution is 2.27. The number of ether oxygens (including phenoxy) is 1. The fourth-order valence-electron chi connectivity index (χ4n) is 3.68. The largest absolute Gasteiger partial charge is 0.450 e. The lowest BCUT2D eigenvalue weighted by Crippen LogP contribution is -2.46. The second-order valence-electron chi connectivity index (χ2n) is 7.56. The Labute approximate surface area is 180 Å². The fourth-order valence-corrected chi connectivity index (χ4v) is 3.68. The smallest absolute Gasteiger partial charge is 0.409 e. The van der Waals surface area contributed by atoms with Gasteiger partial charge in [-0.25, -0.2) is 9.18 Å². The number of piperidine rings is 1. The summed E-state index contributed by atoms with van der Waals surface area (Å²) in [6.45, 7) is 5.23. The molecule has 2 N–H and O–H groups in total. The Hall–Kier alpha value is -3.10. The second-order valence-corrected chi connectivity index (χ2v) is 7.56. The molecule has 1 fully saturated rings. The summed E-state index contributed by atoms with van der Waals surface area (Å²) < 4.78 is 24.2. The minimum Gasteiger partial charge on any atom is -0.450 e. The quantitative estimate of drug-likeness (QED) is 0.654. The van der Waals surface area contributed by atoms with Crippen LogP contribution in [-0.2, 0) is 9.53 Å². The maximum Gasteiger partial charge on any atom is 0.409 e. The Kier molecular flexibility index (Phi) is 7.49. The minimum absolute atomic E-state index is 0.0286. The van der Waals surface area contributed by atoms with E-state index in [9.17, 15) is 18.8 Å². The number of amides is 3. The van der Waals surface area contributed by atoms with Crippen molar-refractivity contribution in [3.63, 3.8) is 0 Å². The molecule has 1 aromatic heterocycles. The van der Waals surface area contributed by atoms with E-state index in [2.05, 4.69) is 10.6 Å². The van der Waals surface area contributed by atoms with Gasteiger partial charge in [0.2, 0.25) is 5.91 Å². The van der Waals surface area contributed by atoms with Crippen LogP contribution in [0.15, 0.2) is 22.6 Å². The van der Waals surface area contributed by atoms with E-state index in [4.69, 9.17) is 9.15 Å². The van der Waals surface area contributed by atoms with Gasteiger partial charge in [0, 0.05) is 43.0 Å². The minimum atomic E-state index is -0.510. The lowest BCUT2D eigenvalue weighted by atomic mass is 10.1. The van der Waals surface area contributed by atoms with Crippen LogP contribution >= 0.6 is 0 Å². The van der Waals surface area contributed by atoms with Crippen LogP contribution in [0.2, 0.25) is 0 Å². The molecule has 3 rings (SSSR count). The van der Waals surface area contributed by atoms with Crippen LogP contribution in [0.5, 0.6) is 0 Å². The third-order valence-electron chi connectivity index (χ3n) is 5.37. The van der Waals surface area contributed by atoms with Crippen LogP contribution < -0.4 is 10.6 Å². The number of hydrogen-bond donors (Lipinski definition) is 2. The molecule has 0 unspecified atom stereocenters. The van der Waals surface area contributed by atoms with Gasteiger partial charge in [-0.2, -0.15) is 0 Å². The van der Waals surface area contributed by atoms with Gasteiger partial charge in [0.05, 0.1) is 6.61 Å². The average molecular weight is 433 g/mol. The predicted octanol–water partition coefficient (Wildman–Crippen LogP) is 3.13. The van der Waals surface area contributed by atoms with Gasteiger partial charge >= 0.3 is 6.09 Å². The number of fused-ring (bicyclic) bond motifs is 1. The van der Waals surface area contributed by atoms with E-state index in [1.165, 1.54) is 6.07 Å². The number of carbonyl (C=O) groups is 3. The number of benzene rings is 1. The lowest BCUT2D eigenvalue weighted by Gasteiger charge is -2.31. The number of para-hydroxylation sites is 1. The van der Waals surface area contributed by atoms with Crippen LogP contribution in [-0.4, -0.2) is 55.1 Å². The van der Waals surface area contributed by atoms with Crippen LogP contribution in [0.25, 0.3) is 11.0 Å². The molecule has 0 spiro atoms. The van der Waals surface area contributed by atoms with Gasteiger partial charge < -0.3 is 24.7 Å². The molecule has 31 heavy (non-hydrogen) atoms. The van der Waals surface area contributed by atoms with E-state index < -0.39 is 11.7 Å². The number of nitrogens with zero attached hydrogens (tertiary/aromatic N) is 1. The second kappa shape index (κ2) is 10.3. The molecule has 8 nitrogen and oxygen atoms in total. The molecule has 1 saturated heterocycles. The van der Waals surface area contributed by atoms with Crippen molar-refractivity contribution in [2.75, 3.05) is 26.2 Å². The summed E-state index contributed by atoms with van der Waals surface area (Å²) in [5, 5.41) is 6.26. The highest BCUT2D eigenvalue weighted by atomic mass is 19.1. The van der Waals surface area contributed by atoms with E-state index in [1.807, 2.05) is 0 Å². The van der Waals surface area contributed by atoms with Crippen LogP contribution in [0, 0.1) is 12.7 Å². The molecule has 9 heteroatoms. The zero-order valence-electron chi connectivity index (χ0n) is 17.8. The molecule has 1 aliphatic heterocycles. The van der Waals surface area contributed by atoms with E-state index in [1.54, 1.807) is 30.9 Å². The van der Waals surface area contributed by atoms with Crippen molar-refractivity contribution in [3.8, 4) is 0 Å². The highest BCUT2D eigenvalue weighted by molar-refractivity contribution is 5.99. The van der Waals surface area contributed by atoms with Gasteiger partial charge in [0.25, 0.3) is 5.91 Å². The molecule has 2 heterocycles. The van der Waals surface area contributed by atoms with E-state index >= 15 is 0 Å². The zero-order valence-corrected chi connectivity index (χ0v) is 17.8. The standard InChI is InChI=1S/C22H28FN3O5/c1-3-30-22(29)26-12-9-15(10-13-26)25-18(27)8-5-11-24-21(28)19-14(2)16-6-4-7-17(23)20(16)31-19/h4,6-7,15H,3,5,8-13H2,1-2H3,(H,24,28)(H,25,27). The van der Waals surface area contributed by atoms with Crippen LogP contribution in [0.4, 0.5) is 9.18 Å². The van der Waals surface area contributed by atoms with Crippen LogP contribution in [0.3, 0.4) is 0 Å². The van der Waals surface area contributed by atoms with Gasteiger partial charge in [0.15, 0.2) is 17.2 Å². The SMILES string of the molecule is CCOC(=O)N1CCC(NC(=O)CCCNC(=O)c2oc3c(F)cccc3c2C)CC1. The number of hydrogen-bond acceptors (Lipinski definition) is 5. The number of likely N-dealkylation sites (tertiary alicyclic amines) is 1. The summed E-state index contributed by atoms with van der Waals surface area (Å²) in [7, 11) is 0. The number of furan rings is 1. The molecule has 168 valence electrons. The fraction of sp³-hybridized carbons (Fsp3) is 0.500. The summed E-state index contributed by atoms with van der Waals surface area (Å²) in [6, 6.07) is 4.59. The molecule has 2 aromatic rings. The van der Waals surface area contributed by atoms with Gasteiger partial charge in [-0.1, -0.05) is 12.1 Å². The van der Waals surface area contributed by atoms with Gasteiger partial charge in [-0.3, -0.25) is 9.59 Å². The first-order valence-electron chi connectivity index (χ1n) is 10.6. The van der Waals surface area contributed by atoms with E-state index in [-0.39, 0.29) is 35.8 Å². The number of rotatable bonds is 7. The number of halogens is 1. The maximum atomic E-state index is 13.8. The topological polar surface area (TPSA) is 101 Å². The zero-order chi connectivity index (χ0) is 22.4. The molecule has 0 aliphatic carbocycles. The Balaban J connectivity index is 1.38. The van der Waals surface area contributed by atoms with Crippen molar-refractivity contribution in [1.82, 2.24) is 15.5 Å². The molecule has 3 amide bonds. The molecular weight excluding hydrogens is 405 g/mol. The summed E-state index contributed by atoms with van der Waals surface area (Å²) in [5.74, 6) is -0.951. The number of nitrogens with one attached hydrogen (secondary N) is 2. The van der Waals surface area contributed by atoms with Gasteiger partial charge in [-0.15, -0.1) is 0 Å². The summed E-state index contributed by atoms with van der Waals surface area (Å²) in [5.41, 5.74) is 0.650. The lowest BCUT2D eigenvalue weighted by molar-refractivity contribution is -0.122. The Morgan fingerprint density at radius 3 is 2.68 bits per heavy atom. The third-order valence-corrected chi connectivity index (χ3v) is 5.37. The molecule has 0 saturated carbocycles. The van der Waals surface area contributed by atoms with E-state index in [0.29, 0.717) is 56.5 Å². The van der Waals surface area contributed by atoms with Crippen LogP contribution in [0.1, 0.15) is 48.7 Å². The first-order chi connectivity index (χ1) is 14.9. The van der Waals surface area contributed by atoms with Crippen molar-refractivity contribution in [1.29, 1.82) is 0 Å². The van der Waals surface area contributed by atoms with Gasteiger partial charge in [-0.05, 0) is 39.2 Å². The molecule has 0 bridgehead atoms. The maximum absolute atomic E-state index is 13.8. The molecular formula is C22H28FN3O5. The number of aryl methyl sites for hydroxylation is 1. The summed E-state index contributed by atoms with van der Waals surface area (Å²) in [4.78, 5) is 37.9. The third kappa shape index (κ3) is 5.53. The molecule has 0 radical (unpaired) electrons. The van der Waals surface area contributed by atoms with Crippen molar-refractivity contribution < 1.29 is 27.9 Å². The van der Waals surface area contributed by atoms with Crippen molar-refractivity contribution >= 4 is 28.9 Å². The van der Waals surface area contributed by atoms with Crippen molar-refractivity contribution in [3.05, 3.63) is 35.3 Å². The van der Waals surface area contributed by atoms with Gasteiger partial charge in [0.1, 0.15) is 0 Å². The first-order valence-corrected chi connectivity index (χ1v) is 10.6. The Bertz CT molecular complexity index is 950. The first kappa shape index (κ1) is 22.6. The summed E-state index contributed by atoms with van der Waals surface area (Å²) >= 11 is 0. The normalized spacial score (nSPS) is 14.5. The van der Waals surface area contributed by atoms with Crippen molar-refractivity contribution in [2.45, 2.75) is 45.6 Å². The molecule has 1 aromatic carbocycles. The predicted molar refractivity (Wildman–Crippen MR) is 112 cm³/mol. The van der Waals surface area contributed by atoms with E-state index in [0.717, 1.165) is 0 Å². The monoisotopic (exact) mass is 433 g/mol. The molecule has 0 atom stereocenters. The average Bonchev–Trinajstić information content (AvgIpc) is 3.10.